The van der Waals surface area contributed by atoms with Gasteiger partial charge in [0.1, 0.15) is 0 Å². The number of amides is 1. The highest BCUT2D eigenvalue weighted by Gasteiger charge is 2.38. The van der Waals surface area contributed by atoms with E-state index in [-0.39, 0.29) is 12.6 Å². The maximum atomic E-state index is 13.2. The van der Waals surface area contributed by atoms with E-state index in [1.165, 1.54) is 0 Å². The second-order valence-corrected chi connectivity index (χ2v) is 5.56. The van der Waals surface area contributed by atoms with Crippen LogP contribution in [0.5, 0.6) is 0 Å². The standard InChI is InChI=1S/C19H13F6NO/c1-2-10-26(15-6-4-3-5-7-15)17(27)11-13-8-9-14(18(20,21)22)12-16(13)19(23,24)25/h1,3-9,12H,10-11H2. The number of terminal acetylenes is 1. The Morgan fingerprint density at radius 1 is 0.963 bits per heavy atom. The topological polar surface area (TPSA) is 20.3 Å². The number of alkyl halides is 6. The summed E-state index contributed by atoms with van der Waals surface area (Å²) in [5.74, 6) is 1.48. The van der Waals surface area contributed by atoms with Crippen LogP contribution in [0.2, 0.25) is 0 Å². The van der Waals surface area contributed by atoms with E-state index in [0.29, 0.717) is 17.8 Å². The van der Waals surface area contributed by atoms with Crippen LogP contribution >= 0.6 is 0 Å². The highest BCUT2D eigenvalue weighted by molar-refractivity contribution is 5.95. The number of hydrogen-bond acceptors (Lipinski definition) is 1. The number of carbonyl (C=O) groups is 1. The second-order valence-electron chi connectivity index (χ2n) is 5.56. The van der Waals surface area contributed by atoms with Gasteiger partial charge in [0.05, 0.1) is 24.1 Å². The molecule has 0 unspecified atom stereocenters. The van der Waals surface area contributed by atoms with Crippen LogP contribution in [-0.4, -0.2) is 12.5 Å². The van der Waals surface area contributed by atoms with Gasteiger partial charge < -0.3 is 4.90 Å². The van der Waals surface area contributed by atoms with Crippen molar-refractivity contribution in [3.05, 3.63) is 65.2 Å². The summed E-state index contributed by atoms with van der Waals surface area (Å²) in [5, 5.41) is 0. The Labute approximate surface area is 151 Å². The van der Waals surface area contributed by atoms with Crippen molar-refractivity contribution in [1.82, 2.24) is 0 Å². The zero-order chi connectivity index (χ0) is 20.2. The molecule has 0 aliphatic rings. The Morgan fingerprint density at radius 2 is 1.59 bits per heavy atom. The van der Waals surface area contributed by atoms with Crippen LogP contribution in [0.1, 0.15) is 16.7 Å². The molecule has 0 atom stereocenters. The molecule has 0 spiro atoms. The number of anilines is 1. The third kappa shape index (κ3) is 5.03. The van der Waals surface area contributed by atoms with E-state index >= 15 is 0 Å². The molecule has 2 rings (SSSR count). The molecule has 27 heavy (non-hydrogen) atoms. The lowest BCUT2D eigenvalue weighted by Crippen LogP contribution is -2.33. The van der Waals surface area contributed by atoms with Crippen molar-refractivity contribution >= 4 is 11.6 Å². The lowest BCUT2D eigenvalue weighted by atomic mass is 10.00. The number of rotatable bonds is 4. The zero-order valence-corrected chi connectivity index (χ0v) is 13.7. The summed E-state index contributed by atoms with van der Waals surface area (Å²) >= 11 is 0. The van der Waals surface area contributed by atoms with Gasteiger partial charge in [-0.1, -0.05) is 30.2 Å². The fraction of sp³-hybridized carbons (Fsp3) is 0.211. The third-order valence-electron chi connectivity index (χ3n) is 3.70. The fourth-order valence-corrected chi connectivity index (χ4v) is 2.45. The minimum Gasteiger partial charge on any atom is -0.301 e. The van der Waals surface area contributed by atoms with Crippen LogP contribution in [0.15, 0.2) is 48.5 Å². The lowest BCUT2D eigenvalue weighted by molar-refractivity contribution is -0.143. The molecule has 0 bridgehead atoms. The Balaban J connectivity index is 2.40. The van der Waals surface area contributed by atoms with Crippen molar-refractivity contribution < 1.29 is 31.1 Å². The highest BCUT2D eigenvalue weighted by Crippen LogP contribution is 2.37. The van der Waals surface area contributed by atoms with E-state index in [1.807, 2.05) is 0 Å². The maximum absolute atomic E-state index is 13.2. The van der Waals surface area contributed by atoms with Crippen LogP contribution < -0.4 is 4.90 Å². The Kier molecular flexibility index (Phi) is 5.84. The lowest BCUT2D eigenvalue weighted by Gasteiger charge is -2.22. The molecule has 2 aromatic rings. The van der Waals surface area contributed by atoms with Crippen LogP contribution in [0.25, 0.3) is 0 Å². The molecule has 2 nitrogen and oxygen atoms in total. The summed E-state index contributed by atoms with van der Waals surface area (Å²) in [7, 11) is 0. The number of halogens is 6. The van der Waals surface area contributed by atoms with Crippen LogP contribution in [0, 0.1) is 12.3 Å². The smallest absolute Gasteiger partial charge is 0.301 e. The molecule has 0 N–H and O–H groups in total. The number of para-hydroxylation sites is 1. The van der Waals surface area contributed by atoms with Gasteiger partial charge >= 0.3 is 12.4 Å². The van der Waals surface area contributed by atoms with E-state index in [9.17, 15) is 31.1 Å². The van der Waals surface area contributed by atoms with Gasteiger partial charge in [-0.3, -0.25) is 4.79 Å². The van der Waals surface area contributed by atoms with Crippen molar-refractivity contribution in [2.24, 2.45) is 0 Å². The minimum absolute atomic E-state index is 0.0106. The molecule has 0 aromatic heterocycles. The first kappa shape index (κ1) is 20.4. The molecule has 0 radical (unpaired) electrons. The third-order valence-corrected chi connectivity index (χ3v) is 3.70. The van der Waals surface area contributed by atoms with Crippen LogP contribution in [0.3, 0.4) is 0 Å². The van der Waals surface area contributed by atoms with E-state index in [2.05, 4.69) is 5.92 Å². The summed E-state index contributed by atoms with van der Waals surface area (Å²) in [6.07, 6.45) is -5.50. The number of carbonyl (C=O) groups excluding carboxylic acids is 1. The normalized spacial score (nSPS) is 11.7. The minimum atomic E-state index is -5.04. The number of hydrogen-bond donors (Lipinski definition) is 0. The molecule has 0 heterocycles. The largest absolute Gasteiger partial charge is 0.416 e. The van der Waals surface area contributed by atoms with E-state index in [0.717, 1.165) is 4.90 Å². The van der Waals surface area contributed by atoms with Gasteiger partial charge in [-0.15, -0.1) is 6.42 Å². The highest BCUT2D eigenvalue weighted by atomic mass is 19.4. The van der Waals surface area contributed by atoms with E-state index < -0.39 is 41.4 Å². The first-order valence-corrected chi connectivity index (χ1v) is 7.60. The molecule has 0 aliphatic carbocycles. The molecular weight excluding hydrogens is 372 g/mol. The van der Waals surface area contributed by atoms with Gasteiger partial charge in [-0.25, -0.2) is 0 Å². The molecular formula is C19H13F6NO. The summed E-state index contributed by atoms with van der Waals surface area (Å²) < 4.78 is 77.9. The van der Waals surface area contributed by atoms with Gasteiger partial charge in [0.25, 0.3) is 0 Å². The van der Waals surface area contributed by atoms with Crippen molar-refractivity contribution in [1.29, 1.82) is 0 Å². The Hall–Kier alpha value is -2.95. The van der Waals surface area contributed by atoms with Crippen molar-refractivity contribution in [3.63, 3.8) is 0 Å². The zero-order valence-electron chi connectivity index (χ0n) is 13.7. The van der Waals surface area contributed by atoms with Crippen molar-refractivity contribution in [2.45, 2.75) is 18.8 Å². The SMILES string of the molecule is C#CCN(C(=O)Cc1ccc(C(F)(F)F)cc1C(F)(F)F)c1ccccc1. The average molecular weight is 385 g/mol. The molecule has 0 aliphatic heterocycles. The summed E-state index contributed by atoms with van der Waals surface area (Å²) in [4.78, 5) is 13.6. The summed E-state index contributed by atoms with van der Waals surface area (Å²) in [6, 6.07) is 9.21. The molecule has 0 fully saturated rings. The van der Waals surface area contributed by atoms with Crippen LogP contribution in [-0.2, 0) is 23.6 Å². The maximum Gasteiger partial charge on any atom is 0.416 e. The Morgan fingerprint density at radius 3 is 2.11 bits per heavy atom. The molecule has 8 heteroatoms. The van der Waals surface area contributed by atoms with Gasteiger partial charge in [-0.2, -0.15) is 26.3 Å². The molecule has 0 saturated carbocycles. The van der Waals surface area contributed by atoms with Crippen LogP contribution in [0.4, 0.5) is 32.0 Å². The predicted octanol–water partition coefficient (Wildman–Crippen LogP) is 4.93. The van der Waals surface area contributed by atoms with Gasteiger partial charge in [-0.05, 0) is 29.8 Å². The number of benzene rings is 2. The molecule has 0 saturated heterocycles. The predicted molar refractivity (Wildman–Crippen MR) is 87.8 cm³/mol. The number of nitrogens with zero attached hydrogens (tertiary/aromatic N) is 1. The van der Waals surface area contributed by atoms with E-state index in [1.54, 1.807) is 30.3 Å². The summed E-state index contributed by atoms with van der Waals surface area (Å²) in [6.45, 7) is -0.190. The fourth-order valence-electron chi connectivity index (χ4n) is 2.45. The second kappa shape index (κ2) is 7.74. The first-order chi connectivity index (χ1) is 12.5. The molecule has 2 aromatic carbocycles. The van der Waals surface area contributed by atoms with Crippen molar-refractivity contribution in [2.75, 3.05) is 11.4 Å². The first-order valence-electron chi connectivity index (χ1n) is 7.60. The average Bonchev–Trinajstić information content (AvgIpc) is 2.58. The van der Waals surface area contributed by atoms with Gasteiger partial charge in [0.15, 0.2) is 0 Å². The van der Waals surface area contributed by atoms with Gasteiger partial charge in [0.2, 0.25) is 5.91 Å². The van der Waals surface area contributed by atoms with Gasteiger partial charge in [0, 0.05) is 5.69 Å². The molecule has 1 amide bonds. The van der Waals surface area contributed by atoms with Crippen molar-refractivity contribution in [3.8, 4) is 12.3 Å². The molecule has 142 valence electrons. The Bertz CT molecular complexity index is 849. The quantitative estimate of drug-likeness (QED) is 0.540. The summed E-state index contributed by atoms with van der Waals surface area (Å²) in [5.41, 5.74) is -3.12. The van der Waals surface area contributed by atoms with E-state index in [4.69, 9.17) is 6.42 Å². The monoisotopic (exact) mass is 385 g/mol.